The first-order chi connectivity index (χ1) is 35.7. The number of aliphatic carboxylic acids is 1. The smallest absolute Gasteiger partial charge is 0.327 e. The van der Waals surface area contributed by atoms with Gasteiger partial charge in [-0.25, -0.2) is 4.79 Å². The molecule has 2 aromatic carbocycles. The van der Waals surface area contributed by atoms with E-state index in [1.807, 2.05) is 0 Å². The standard InChI is InChI=1S/C48H62N14O11S2/c1-4-21-62-44(70)36-37(45(62)71)75-25-35(46(72)73)61-42(68)33(23-29-15-9-6-10-16-29)59-41(67)32(22-28-13-7-5-8-14-28)58-40(66)31(18-12-20-54-48(51)52)57-43(69)34(24-74-36)60-38(64)26(2)55-39(65)30(56-27(3)63)17-11-19-53-47(49)50/h1,5-10,13-16,26,30-35H,11-12,17-25H2,2-3H3,(H,55,65)(H,56,63)(H,57,69)(H,58,66)(H,59,67)(H,60,64)(H,61,68)(H,72,73)(H4,49,50,53)(H4,51,52,54)/t26-,30-,31-,32-,33-,34+,35-/m0/s1. The third kappa shape index (κ3) is 19.0. The van der Waals surface area contributed by atoms with Crippen LogP contribution in [0.5, 0.6) is 0 Å². The largest absolute Gasteiger partial charge is 0.480 e. The molecule has 0 saturated heterocycles. The van der Waals surface area contributed by atoms with E-state index in [0.717, 1.165) is 0 Å². The van der Waals surface area contributed by atoms with Gasteiger partial charge < -0.3 is 65.3 Å². The van der Waals surface area contributed by atoms with Gasteiger partial charge in [-0.3, -0.25) is 58.0 Å². The summed E-state index contributed by atoms with van der Waals surface area (Å²) in [6, 6.07) is 6.78. The third-order valence-electron chi connectivity index (χ3n) is 11.2. The number of thioether (sulfide) groups is 2. The number of guanidine groups is 2. The molecule has 0 bridgehead atoms. The Morgan fingerprint density at radius 1 is 0.720 bits per heavy atom. The number of nitrogens with two attached hydrogens (primary N) is 4. The van der Waals surface area contributed by atoms with Crippen molar-refractivity contribution in [3.8, 4) is 12.3 Å². The second-order valence-electron chi connectivity index (χ2n) is 17.1. The number of carbonyl (C=O) groups excluding carboxylic acids is 9. The summed E-state index contributed by atoms with van der Waals surface area (Å²) in [7, 11) is 0. The first kappa shape index (κ1) is 59.4. The van der Waals surface area contributed by atoms with Crippen LogP contribution < -0.4 is 60.2 Å². The van der Waals surface area contributed by atoms with Crippen LogP contribution in [0.3, 0.4) is 0 Å². The molecule has 25 nitrogen and oxygen atoms in total. The van der Waals surface area contributed by atoms with Gasteiger partial charge in [0.15, 0.2) is 11.9 Å². The lowest BCUT2D eigenvalue weighted by atomic mass is 10.0. The molecule has 75 heavy (non-hydrogen) atoms. The van der Waals surface area contributed by atoms with Gasteiger partial charge in [0, 0.05) is 44.4 Å². The van der Waals surface area contributed by atoms with Crippen molar-refractivity contribution in [3.05, 3.63) is 81.6 Å². The van der Waals surface area contributed by atoms with Crippen molar-refractivity contribution in [1.82, 2.24) is 42.1 Å². The van der Waals surface area contributed by atoms with Gasteiger partial charge >= 0.3 is 5.97 Å². The second-order valence-corrected chi connectivity index (χ2v) is 19.1. The lowest BCUT2D eigenvalue weighted by Crippen LogP contribution is -2.60. The highest BCUT2D eigenvalue weighted by atomic mass is 32.2. The Labute approximate surface area is 440 Å². The maximum atomic E-state index is 14.6. The molecular formula is C48H62N14O11S2. The molecule has 0 aliphatic carbocycles. The van der Waals surface area contributed by atoms with Crippen LogP contribution in [0.25, 0.3) is 0 Å². The maximum absolute atomic E-state index is 14.6. The first-order valence-electron chi connectivity index (χ1n) is 23.5. The van der Waals surface area contributed by atoms with E-state index in [-0.39, 0.29) is 73.3 Å². The minimum atomic E-state index is -1.72. The minimum absolute atomic E-state index is 0.0105. The van der Waals surface area contributed by atoms with E-state index in [1.54, 1.807) is 60.7 Å². The molecule has 2 aliphatic rings. The number of terminal acetylenes is 1. The van der Waals surface area contributed by atoms with Gasteiger partial charge in [-0.1, -0.05) is 66.6 Å². The summed E-state index contributed by atoms with van der Waals surface area (Å²) in [5.41, 5.74) is 23.0. The summed E-state index contributed by atoms with van der Waals surface area (Å²) < 4.78 is 0. The maximum Gasteiger partial charge on any atom is 0.327 e. The molecule has 9 amide bonds. The fraction of sp³-hybridized carbons (Fsp3) is 0.417. The van der Waals surface area contributed by atoms with Crippen LogP contribution in [0.4, 0.5) is 0 Å². The summed E-state index contributed by atoms with van der Waals surface area (Å²) in [5.74, 6) is -8.60. The van der Waals surface area contributed by atoms with E-state index >= 15 is 0 Å². The van der Waals surface area contributed by atoms with Crippen molar-refractivity contribution in [2.75, 3.05) is 31.1 Å². The molecule has 0 unspecified atom stereocenters. The molecule has 0 radical (unpaired) electrons. The number of carboxylic acid groups (broad SMARTS) is 1. The van der Waals surface area contributed by atoms with Crippen molar-refractivity contribution in [2.45, 2.75) is 94.7 Å². The lowest BCUT2D eigenvalue weighted by Gasteiger charge is -2.27. The molecule has 7 atom stereocenters. The van der Waals surface area contributed by atoms with E-state index < -0.39 is 119 Å². The van der Waals surface area contributed by atoms with E-state index in [4.69, 9.17) is 29.4 Å². The van der Waals surface area contributed by atoms with Crippen LogP contribution in [0.2, 0.25) is 0 Å². The van der Waals surface area contributed by atoms with Gasteiger partial charge in [0.05, 0.1) is 16.4 Å². The Balaban J connectivity index is 1.81. The van der Waals surface area contributed by atoms with Gasteiger partial charge in [-0.15, -0.1) is 29.9 Å². The number of carbonyl (C=O) groups is 10. The highest BCUT2D eigenvalue weighted by molar-refractivity contribution is 8.08. The van der Waals surface area contributed by atoms with E-state index in [2.05, 4.69) is 53.1 Å². The Morgan fingerprint density at radius 2 is 1.21 bits per heavy atom. The predicted molar refractivity (Wildman–Crippen MR) is 280 cm³/mol. The van der Waals surface area contributed by atoms with Gasteiger partial charge in [-0.2, -0.15) is 0 Å². The lowest BCUT2D eigenvalue weighted by molar-refractivity contribution is -0.141. The molecule has 27 heteroatoms. The van der Waals surface area contributed by atoms with Crippen LogP contribution >= 0.6 is 23.5 Å². The van der Waals surface area contributed by atoms with Crippen molar-refractivity contribution < 1.29 is 53.1 Å². The van der Waals surface area contributed by atoms with E-state index in [1.165, 1.54) is 13.8 Å². The zero-order chi connectivity index (χ0) is 55.2. The number of rotatable bonds is 19. The van der Waals surface area contributed by atoms with E-state index in [0.29, 0.717) is 39.6 Å². The number of aliphatic imine (C=N–C) groups is 2. The van der Waals surface area contributed by atoms with Crippen molar-refractivity contribution in [2.24, 2.45) is 32.9 Å². The minimum Gasteiger partial charge on any atom is -0.480 e. The fourth-order valence-corrected chi connectivity index (χ4v) is 9.77. The zero-order valence-corrected chi connectivity index (χ0v) is 42.8. The SMILES string of the molecule is C#CCN1C(=O)C2=C(SC[C@@H](NC(=O)[C@H](C)NC(=O)[C@H](CCCN=C(N)N)NC(C)=O)C(=O)N[C@@H](CCCN=C(N)N)C(=O)N[C@@H](Cc3ccccc3)C(=O)N[C@@H](Cc3ccccc3)C(=O)N[C@H](C(=O)O)CS2)C1=O. The molecule has 402 valence electrons. The topological polar surface area (TPSA) is 407 Å². The highest BCUT2D eigenvalue weighted by Gasteiger charge is 2.41. The second kappa shape index (κ2) is 29.5. The molecule has 4 rings (SSSR count). The Morgan fingerprint density at radius 3 is 1.72 bits per heavy atom. The molecule has 0 saturated carbocycles. The average Bonchev–Trinajstić information content (AvgIpc) is 3.58. The van der Waals surface area contributed by atoms with Gasteiger partial charge in [-0.05, 0) is 43.7 Å². The summed E-state index contributed by atoms with van der Waals surface area (Å²) in [4.78, 5) is 146. The number of amides is 9. The third-order valence-corrected chi connectivity index (χ3v) is 13.6. The number of hydrogen-bond acceptors (Lipinski definition) is 14. The highest BCUT2D eigenvalue weighted by Crippen LogP contribution is 2.37. The molecule has 0 fully saturated rings. The first-order valence-corrected chi connectivity index (χ1v) is 25.5. The van der Waals surface area contributed by atoms with Crippen molar-refractivity contribution in [3.63, 3.8) is 0 Å². The van der Waals surface area contributed by atoms with Gasteiger partial charge in [0.1, 0.15) is 42.3 Å². The Bertz CT molecular complexity index is 2570. The molecule has 0 spiro atoms. The van der Waals surface area contributed by atoms with Crippen LogP contribution in [0.1, 0.15) is 50.7 Å². The summed E-state index contributed by atoms with van der Waals surface area (Å²) >= 11 is 1.24. The predicted octanol–water partition coefficient (Wildman–Crippen LogP) is -3.21. The molecule has 2 aromatic rings. The summed E-state index contributed by atoms with van der Waals surface area (Å²) in [6.45, 7) is 2.10. The number of carboxylic acids is 1. The van der Waals surface area contributed by atoms with Crippen molar-refractivity contribution >= 4 is 94.6 Å². The number of nitrogens with zero attached hydrogens (tertiary/aromatic N) is 3. The zero-order valence-electron chi connectivity index (χ0n) is 41.2. The number of imide groups is 1. The molecule has 0 aromatic heterocycles. The van der Waals surface area contributed by atoms with Crippen LogP contribution in [-0.4, -0.2) is 154 Å². The summed E-state index contributed by atoms with van der Waals surface area (Å²) in [5, 5.41) is 28.4. The van der Waals surface area contributed by atoms with Gasteiger partial charge in [0.25, 0.3) is 11.8 Å². The van der Waals surface area contributed by atoms with E-state index in [9.17, 15) is 53.1 Å². The fourth-order valence-electron chi connectivity index (χ4n) is 7.39. The van der Waals surface area contributed by atoms with Gasteiger partial charge in [0.2, 0.25) is 41.4 Å². The average molecular weight is 1080 g/mol. The number of nitrogens with one attached hydrogen (secondary N) is 7. The normalized spacial score (nSPS) is 20.6. The summed E-state index contributed by atoms with van der Waals surface area (Å²) in [6.07, 6.45) is 5.48. The van der Waals surface area contributed by atoms with Crippen molar-refractivity contribution in [1.29, 1.82) is 0 Å². The van der Waals surface area contributed by atoms with Crippen LogP contribution in [-0.2, 0) is 60.8 Å². The molecular weight excluding hydrogens is 1010 g/mol. The Kier molecular flexibility index (Phi) is 23.4. The molecule has 2 heterocycles. The molecule has 2 aliphatic heterocycles. The number of hydrogen-bond donors (Lipinski definition) is 12. The van der Waals surface area contributed by atoms with Crippen LogP contribution in [0, 0.1) is 12.3 Å². The quantitative estimate of drug-likeness (QED) is 0.0217. The Hall–Kier alpha value is -8.12. The molecule has 16 N–H and O–H groups in total. The number of benzene rings is 2. The van der Waals surface area contributed by atoms with Crippen LogP contribution in [0.15, 0.2) is 80.5 Å². The monoisotopic (exact) mass is 1070 g/mol.